The molecule has 0 heterocycles. The minimum Gasteiger partial charge on any atom is -0.464 e. The van der Waals surface area contributed by atoms with E-state index >= 15 is 0 Å². The maximum atomic E-state index is 10.8. The maximum absolute atomic E-state index is 10.8. The van der Waals surface area contributed by atoms with Gasteiger partial charge in [0.1, 0.15) is 6.61 Å². The molecule has 0 unspecified atom stereocenters. The van der Waals surface area contributed by atoms with E-state index in [0.717, 1.165) is 6.54 Å². The lowest BCUT2D eigenvalue weighted by Crippen LogP contribution is -2.37. The predicted molar refractivity (Wildman–Crippen MR) is 53.1 cm³/mol. The quantitative estimate of drug-likeness (QED) is 0.487. The Hall–Kier alpha value is -0.610. The van der Waals surface area contributed by atoms with E-state index in [1.54, 1.807) is 6.92 Å². The highest BCUT2D eigenvalue weighted by atomic mass is 16.6. The van der Waals surface area contributed by atoms with E-state index < -0.39 is 0 Å². The fourth-order valence-electron chi connectivity index (χ4n) is 1.31. The second-order valence-corrected chi connectivity index (χ2v) is 3.44. The van der Waals surface area contributed by atoms with Gasteiger partial charge in [-0.3, -0.25) is 0 Å². The highest BCUT2D eigenvalue weighted by Gasteiger charge is 2.15. The van der Waals surface area contributed by atoms with E-state index in [0.29, 0.717) is 19.3 Å². The first-order chi connectivity index (χ1) is 6.83. The molecule has 1 aliphatic rings. The molecule has 1 aliphatic carbocycles. The molecule has 0 spiro atoms. The molecule has 1 fully saturated rings. The van der Waals surface area contributed by atoms with Gasteiger partial charge in [0, 0.05) is 12.6 Å². The summed E-state index contributed by atoms with van der Waals surface area (Å²) in [6.45, 7) is 3.68. The van der Waals surface area contributed by atoms with Crippen molar-refractivity contribution in [2.75, 3.05) is 26.4 Å². The zero-order valence-corrected chi connectivity index (χ0v) is 8.75. The first-order valence-corrected chi connectivity index (χ1v) is 5.29. The maximum Gasteiger partial charge on any atom is 0.332 e. The van der Waals surface area contributed by atoms with Crippen LogP contribution < -0.4 is 5.32 Å². The standard InChI is InChI=1S/C10H19NO3/c1-2-14-10(12)8-13-7-6-11-9-4-3-5-9/h9,11H,2-8H2,1H3. The molecule has 1 saturated carbocycles. The lowest BCUT2D eigenvalue weighted by molar-refractivity contribution is -0.148. The average molecular weight is 201 g/mol. The summed E-state index contributed by atoms with van der Waals surface area (Å²) in [6, 6.07) is 0.682. The van der Waals surface area contributed by atoms with Gasteiger partial charge >= 0.3 is 5.97 Å². The van der Waals surface area contributed by atoms with E-state index in [1.807, 2.05) is 0 Å². The topological polar surface area (TPSA) is 47.6 Å². The molecule has 0 aromatic heterocycles. The zero-order chi connectivity index (χ0) is 10.2. The van der Waals surface area contributed by atoms with Crippen molar-refractivity contribution in [3.8, 4) is 0 Å². The second kappa shape index (κ2) is 6.79. The summed E-state index contributed by atoms with van der Waals surface area (Å²) in [5, 5.41) is 3.35. The Morgan fingerprint density at radius 1 is 1.50 bits per heavy atom. The number of carbonyl (C=O) groups excluding carboxylic acids is 1. The summed E-state index contributed by atoms with van der Waals surface area (Å²) in [5.74, 6) is -0.281. The van der Waals surface area contributed by atoms with Crippen molar-refractivity contribution >= 4 is 5.97 Å². The molecule has 82 valence electrons. The molecule has 0 radical (unpaired) electrons. The van der Waals surface area contributed by atoms with Gasteiger partial charge in [0.25, 0.3) is 0 Å². The van der Waals surface area contributed by atoms with Crippen molar-refractivity contribution in [1.29, 1.82) is 0 Å². The van der Waals surface area contributed by atoms with Crippen LogP contribution in [0.5, 0.6) is 0 Å². The van der Waals surface area contributed by atoms with Gasteiger partial charge in [0.05, 0.1) is 13.2 Å². The largest absolute Gasteiger partial charge is 0.464 e. The van der Waals surface area contributed by atoms with Crippen molar-refractivity contribution in [3.05, 3.63) is 0 Å². The van der Waals surface area contributed by atoms with Crippen molar-refractivity contribution in [3.63, 3.8) is 0 Å². The monoisotopic (exact) mass is 201 g/mol. The number of rotatable bonds is 7. The van der Waals surface area contributed by atoms with Crippen LogP contribution in [0.1, 0.15) is 26.2 Å². The number of nitrogens with one attached hydrogen (secondary N) is 1. The van der Waals surface area contributed by atoms with Gasteiger partial charge in [-0.15, -0.1) is 0 Å². The molecule has 0 amide bonds. The van der Waals surface area contributed by atoms with Crippen LogP contribution in [0.25, 0.3) is 0 Å². The first kappa shape index (κ1) is 11.5. The van der Waals surface area contributed by atoms with Crippen LogP contribution in [0, 0.1) is 0 Å². The Morgan fingerprint density at radius 3 is 2.86 bits per heavy atom. The third-order valence-electron chi connectivity index (χ3n) is 2.31. The lowest BCUT2D eigenvalue weighted by atomic mass is 9.93. The Labute approximate surface area is 85.0 Å². The molecule has 14 heavy (non-hydrogen) atoms. The molecule has 1 rings (SSSR count). The van der Waals surface area contributed by atoms with E-state index in [2.05, 4.69) is 5.32 Å². The fourth-order valence-corrected chi connectivity index (χ4v) is 1.31. The Bertz CT molecular complexity index is 169. The molecule has 0 saturated heterocycles. The molecular formula is C10H19NO3. The molecule has 1 N–H and O–H groups in total. The van der Waals surface area contributed by atoms with Gasteiger partial charge in [-0.05, 0) is 19.8 Å². The van der Waals surface area contributed by atoms with Crippen LogP contribution in [0.3, 0.4) is 0 Å². The Kier molecular flexibility index (Phi) is 5.56. The number of esters is 1. The first-order valence-electron chi connectivity index (χ1n) is 5.29. The van der Waals surface area contributed by atoms with Crippen molar-refractivity contribution in [2.24, 2.45) is 0 Å². The van der Waals surface area contributed by atoms with E-state index in [4.69, 9.17) is 9.47 Å². The third kappa shape index (κ3) is 4.58. The molecular weight excluding hydrogens is 182 g/mol. The van der Waals surface area contributed by atoms with Crippen LogP contribution in [-0.2, 0) is 14.3 Å². The Balaban J connectivity index is 1.81. The van der Waals surface area contributed by atoms with Gasteiger partial charge < -0.3 is 14.8 Å². The number of carbonyl (C=O) groups is 1. The summed E-state index contributed by atoms with van der Waals surface area (Å²) >= 11 is 0. The van der Waals surface area contributed by atoms with Crippen LogP contribution in [-0.4, -0.2) is 38.4 Å². The van der Waals surface area contributed by atoms with Crippen molar-refractivity contribution in [1.82, 2.24) is 5.32 Å². The summed E-state index contributed by atoms with van der Waals surface area (Å²) in [6.07, 6.45) is 3.89. The van der Waals surface area contributed by atoms with Crippen molar-refractivity contribution < 1.29 is 14.3 Å². The van der Waals surface area contributed by atoms with Crippen molar-refractivity contribution in [2.45, 2.75) is 32.2 Å². The molecule has 0 aromatic carbocycles. The van der Waals surface area contributed by atoms with E-state index in [-0.39, 0.29) is 12.6 Å². The molecule has 0 aliphatic heterocycles. The highest BCUT2D eigenvalue weighted by Crippen LogP contribution is 2.17. The number of ether oxygens (including phenoxy) is 2. The molecule has 4 heteroatoms. The van der Waals surface area contributed by atoms with Gasteiger partial charge in [0.2, 0.25) is 0 Å². The Morgan fingerprint density at radius 2 is 2.29 bits per heavy atom. The molecule has 0 bridgehead atoms. The number of hydrogen-bond acceptors (Lipinski definition) is 4. The van der Waals surface area contributed by atoms with Crippen LogP contribution in [0.2, 0.25) is 0 Å². The van der Waals surface area contributed by atoms with Gasteiger partial charge in [0.15, 0.2) is 0 Å². The molecule has 0 aromatic rings. The van der Waals surface area contributed by atoms with Crippen LogP contribution in [0.4, 0.5) is 0 Å². The van der Waals surface area contributed by atoms with Gasteiger partial charge in [-0.2, -0.15) is 0 Å². The van der Waals surface area contributed by atoms with E-state index in [1.165, 1.54) is 19.3 Å². The third-order valence-corrected chi connectivity index (χ3v) is 2.31. The van der Waals surface area contributed by atoms with Crippen LogP contribution >= 0.6 is 0 Å². The molecule has 4 nitrogen and oxygen atoms in total. The molecule has 0 atom stereocenters. The smallest absolute Gasteiger partial charge is 0.332 e. The average Bonchev–Trinajstić information content (AvgIpc) is 2.08. The summed E-state index contributed by atoms with van der Waals surface area (Å²) in [7, 11) is 0. The number of hydrogen-bond donors (Lipinski definition) is 1. The SMILES string of the molecule is CCOC(=O)COCCNC1CCC1. The fraction of sp³-hybridized carbons (Fsp3) is 0.900. The highest BCUT2D eigenvalue weighted by molar-refractivity contribution is 5.70. The second-order valence-electron chi connectivity index (χ2n) is 3.44. The zero-order valence-electron chi connectivity index (χ0n) is 8.75. The van der Waals surface area contributed by atoms with E-state index in [9.17, 15) is 4.79 Å². The van der Waals surface area contributed by atoms with Gasteiger partial charge in [-0.25, -0.2) is 4.79 Å². The predicted octanol–water partition coefficient (Wildman–Crippen LogP) is 0.708. The van der Waals surface area contributed by atoms with Crippen LogP contribution in [0.15, 0.2) is 0 Å². The summed E-state index contributed by atoms with van der Waals surface area (Å²) in [5.41, 5.74) is 0. The normalized spacial score (nSPS) is 16.4. The lowest BCUT2D eigenvalue weighted by Gasteiger charge is -2.26. The summed E-state index contributed by atoms with van der Waals surface area (Å²) < 4.78 is 9.85. The van der Waals surface area contributed by atoms with Gasteiger partial charge in [-0.1, -0.05) is 6.42 Å². The summed E-state index contributed by atoms with van der Waals surface area (Å²) in [4.78, 5) is 10.8. The minimum atomic E-state index is -0.281. The minimum absolute atomic E-state index is 0.0696.